The molecule has 2 rings (SSSR count). The first-order chi connectivity index (χ1) is 6.63. The highest BCUT2D eigenvalue weighted by molar-refractivity contribution is 7.22. The van der Waals surface area contributed by atoms with E-state index in [1.54, 1.807) is 17.4 Å². The smallest absolute Gasteiger partial charge is 0.183 e. The Morgan fingerprint density at radius 2 is 2.14 bits per heavy atom. The van der Waals surface area contributed by atoms with Gasteiger partial charge in [-0.1, -0.05) is 11.3 Å². The third kappa shape index (κ3) is 1.23. The van der Waals surface area contributed by atoms with Crippen LogP contribution in [0.15, 0.2) is 6.07 Å². The number of nitrogens with zero attached hydrogens (tertiary/aromatic N) is 1. The number of phenols is 1. The molecule has 0 aliphatic heterocycles. The number of rotatable bonds is 1. The fourth-order valence-electron chi connectivity index (χ4n) is 1.45. The van der Waals surface area contributed by atoms with E-state index in [1.807, 2.05) is 20.9 Å². The van der Waals surface area contributed by atoms with Gasteiger partial charge in [0.25, 0.3) is 0 Å². The monoisotopic (exact) mass is 208 g/mol. The molecule has 1 heterocycles. The number of thiazole rings is 1. The van der Waals surface area contributed by atoms with E-state index in [-0.39, 0.29) is 0 Å². The predicted molar refractivity (Wildman–Crippen MR) is 60.3 cm³/mol. The molecule has 2 aromatic rings. The Morgan fingerprint density at radius 1 is 1.43 bits per heavy atom. The van der Waals surface area contributed by atoms with Crippen molar-refractivity contribution in [1.82, 2.24) is 4.98 Å². The zero-order chi connectivity index (χ0) is 10.3. The molecule has 74 valence electrons. The van der Waals surface area contributed by atoms with E-state index in [1.165, 1.54) is 0 Å². The van der Waals surface area contributed by atoms with Crippen molar-refractivity contribution < 1.29 is 5.11 Å². The Hall–Kier alpha value is -1.29. The number of nitrogens with one attached hydrogen (secondary N) is 1. The molecule has 1 aromatic carbocycles. The zero-order valence-electron chi connectivity index (χ0n) is 8.38. The first kappa shape index (κ1) is 9.27. The average Bonchev–Trinajstić information content (AvgIpc) is 2.58. The van der Waals surface area contributed by atoms with Crippen molar-refractivity contribution in [3.05, 3.63) is 17.2 Å². The molecule has 4 heteroatoms. The number of hydrogen-bond donors (Lipinski definition) is 2. The van der Waals surface area contributed by atoms with E-state index in [4.69, 9.17) is 0 Å². The van der Waals surface area contributed by atoms with Gasteiger partial charge in [-0.05, 0) is 25.5 Å². The van der Waals surface area contributed by atoms with Crippen molar-refractivity contribution in [2.24, 2.45) is 0 Å². The van der Waals surface area contributed by atoms with Crippen molar-refractivity contribution in [1.29, 1.82) is 0 Å². The number of aryl methyl sites for hydroxylation is 2. The van der Waals surface area contributed by atoms with E-state index >= 15 is 0 Å². The average molecular weight is 208 g/mol. The van der Waals surface area contributed by atoms with Crippen LogP contribution >= 0.6 is 11.3 Å². The SMILES string of the molecule is CNc1nc2c(C)cc(O)c(C)c2s1. The van der Waals surface area contributed by atoms with Crippen LogP contribution in [0.3, 0.4) is 0 Å². The lowest BCUT2D eigenvalue weighted by Gasteiger charge is -2.01. The van der Waals surface area contributed by atoms with Crippen molar-refractivity contribution >= 4 is 26.7 Å². The summed E-state index contributed by atoms with van der Waals surface area (Å²) >= 11 is 1.57. The van der Waals surface area contributed by atoms with Crippen LogP contribution in [0, 0.1) is 13.8 Å². The minimum absolute atomic E-state index is 0.348. The molecule has 3 nitrogen and oxygen atoms in total. The van der Waals surface area contributed by atoms with E-state index in [0.29, 0.717) is 5.75 Å². The van der Waals surface area contributed by atoms with E-state index < -0.39 is 0 Å². The number of aromatic nitrogens is 1. The van der Waals surface area contributed by atoms with Crippen LogP contribution in [0.4, 0.5) is 5.13 Å². The molecule has 1 aromatic heterocycles. The highest BCUT2D eigenvalue weighted by Gasteiger charge is 2.10. The summed E-state index contributed by atoms with van der Waals surface area (Å²) in [6.45, 7) is 3.87. The molecule has 0 spiro atoms. The number of aromatic hydroxyl groups is 1. The Bertz CT molecular complexity index is 490. The maximum atomic E-state index is 9.64. The van der Waals surface area contributed by atoms with Gasteiger partial charge in [0, 0.05) is 12.6 Å². The van der Waals surface area contributed by atoms with E-state index in [2.05, 4.69) is 10.3 Å². The fraction of sp³-hybridized carbons (Fsp3) is 0.300. The van der Waals surface area contributed by atoms with Crippen LogP contribution in [0.5, 0.6) is 5.75 Å². The van der Waals surface area contributed by atoms with Gasteiger partial charge in [-0.15, -0.1) is 0 Å². The van der Waals surface area contributed by atoms with Gasteiger partial charge < -0.3 is 10.4 Å². The van der Waals surface area contributed by atoms with Crippen molar-refractivity contribution in [2.45, 2.75) is 13.8 Å². The number of anilines is 1. The quantitative estimate of drug-likeness (QED) is 0.757. The van der Waals surface area contributed by atoms with Crippen LogP contribution in [-0.2, 0) is 0 Å². The minimum Gasteiger partial charge on any atom is -0.508 e. The summed E-state index contributed by atoms with van der Waals surface area (Å²) < 4.78 is 1.06. The Kier molecular flexibility index (Phi) is 2.07. The summed E-state index contributed by atoms with van der Waals surface area (Å²) in [6, 6.07) is 1.76. The molecular formula is C10H12N2OS. The molecule has 0 atom stereocenters. The molecule has 14 heavy (non-hydrogen) atoms. The first-order valence-corrected chi connectivity index (χ1v) is 5.22. The van der Waals surface area contributed by atoms with Crippen LogP contribution in [0.25, 0.3) is 10.2 Å². The molecule has 0 saturated heterocycles. The van der Waals surface area contributed by atoms with Gasteiger partial charge in [0.1, 0.15) is 5.75 Å². The van der Waals surface area contributed by atoms with Gasteiger partial charge in [-0.2, -0.15) is 0 Å². The van der Waals surface area contributed by atoms with Gasteiger partial charge in [-0.3, -0.25) is 0 Å². The standard InChI is InChI=1S/C10H12N2OS/c1-5-4-7(13)6(2)9-8(5)12-10(11-3)14-9/h4,13H,1-3H3,(H,11,12). The molecule has 2 N–H and O–H groups in total. The van der Waals surface area contributed by atoms with E-state index in [0.717, 1.165) is 26.5 Å². The molecule has 0 aliphatic rings. The molecule has 0 bridgehead atoms. The Balaban J connectivity index is 2.84. The van der Waals surface area contributed by atoms with Gasteiger partial charge in [-0.25, -0.2) is 4.98 Å². The lowest BCUT2D eigenvalue weighted by molar-refractivity contribution is 0.472. The number of phenolic OH excluding ortho intramolecular Hbond substituents is 1. The first-order valence-electron chi connectivity index (χ1n) is 4.41. The number of hydrogen-bond acceptors (Lipinski definition) is 4. The van der Waals surface area contributed by atoms with Crippen LogP contribution < -0.4 is 5.32 Å². The zero-order valence-corrected chi connectivity index (χ0v) is 9.20. The van der Waals surface area contributed by atoms with Crippen LogP contribution in [-0.4, -0.2) is 17.1 Å². The molecule has 0 fully saturated rings. The predicted octanol–water partition coefficient (Wildman–Crippen LogP) is 2.66. The highest BCUT2D eigenvalue weighted by atomic mass is 32.1. The second-order valence-electron chi connectivity index (χ2n) is 3.28. The molecular weight excluding hydrogens is 196 g/mol. The highest BCUT2D eigenvalue weighted by Crippen LogP contribution is 2.35. The Morgan fingerprint density at radius 3 is 2.79 bits per heavy atom. The van der Waals surface area contributed by atoms with Gasteiger partial charge in [0.05, 0.1) is 10.2 Å². The topological polar surface area (TPSA) is 45.2 Å². The molecule has 0 radical (unpaired) electrons. The second kappa shape index (κ2) is 3.13. The lowest BCUT2D eigenvalue weighted by Crippen LogP contribution is -1.85. The van der Waals surface area contributed by atoms with Crippen LogP contribution in [0.1, 0.15) is 11.1 Å². The lowest BCUT2D eigenvalue weighted by atomic mass is 10.1. The maximum absolute atomic E-state index is 9.64. The summed E-state index contributed by atoms with van der Waals surface area (Å²) in [5, 5.41) is 13.5. The summed E-state index contributed by atoms with van der Waals surface area (Å²) in [5.74, 6) is 0.348. The van der Waals surface area contributed by atoms with Crippen molar-refractivity contribution in [3.63, 3.8) is 0 Å². The largest absolute Gasteiger partial charge is 0.508 e. The summed E-state index contributed by atoms with van der Waals surface area (Å²) in [7, 11) is 1.85. The normalized spacial score (nSPS) is 10.8. The van der Waals surface area contributed by atoms with E-state index in [9.17, 15) is 5.11 Å². The maximum Gasteiger partial charge on any atom is 0.183 e. The molecule has 0 aliphatic carbocycles. The molecule has 0 saturated carbocycles. The molecule has 0 unspecified atom stereocenters. The van der Waals surface area contributed by atoms with Gasteiger partial charge in [0.15, 0.2) is 5.13 Å². The van der Waals surface area contributed by atoms with Crippen molar-refractivity contribution in [2.75, 3.05) is 12.4 Å². The Labute approximate surface area is 86.4 Å². The van der Waals surface area contributed by atoms with Gasteiger partial charge in [0.2, 0.25) is 0 Å². The summed E-state index contributed by atoms with van der Waals surface area (Å²) in [6.07, 6.45) is 0. The second-order valence-corrected chi connectivity index (χ2v) is 4.28. The van der Waals surface area contributed by atoms with Crippen LogP contribution in [0.2, 0.25) is 0 Å². The number of fused-ring (bicyclic) bond motifs is 1. The number of benzene rings is 1. The fourth-order valence-corrected chi connectivity index (χ4v) is 2.44. The summed E-state index contributed by atoms with van der Waals surface area (Å²) in [5.41, 5.74) is 2.90. The molecule has 0 amide bonds. The third-order valence-electron chi connectivity index (χ3n) is 2.29. The van der Waals surface area contributed by atoms with Gasteiger partial charge >= 0.3 is 0 Å². The van der Waals surface area contributed by atoms with Crippen molar-refractivity contribution in [3.8, 4) is 5.75 Å². The summed E-state index contributed by atoms with van der Waals surface area (Å²) in [4.78, 5) is 4.43. The third-order valence-corrected chi connectivity index (χ3v) is 3.48. The minimum atomic E-state index is 0.348.